The molecule has 1 aliphatic heterocycles. The zero-order valence-electron chi connectivity index (χ0n) is 22.1. The van der Waals surface area contributed by atoms with Gasteiger partial charge in [-0.1, -0.05) is 44.5 Å². The van der Waals surface area contributed by atoms with Gasteiger partial charge in [-0.05, 0) is 61.1 Å². The van der Waals surface area contributed by atoms with Crippen molar-refractivity contribution in [3.8, 4) is 0 Å². The first-order chi connectivity index (χ1) is 17.9. The quantitative estimate of drug-likeness (QED) is 0.378. The summed E-state index contributed by atoms with van der Waals surface area (Å²) in [5.41, 5.74) is 2.97. The molecule has 2 amide bonds. The molecule has 2 aromatic carbocycles. The Morgan fingerprint density at radius 3 is 2.49 bits per heavy atom. The van der Waals surface area contributed by atoms with E-state index in [2.05, 4.69) is 42.7 Å². The van der Waals surface area contributed by atoms with Crippen LogP contribution in [0.5, 0.6) is 0 Å². The molecule has 1 aliphatic rings. The van der Waals surface area contributed by atoms with Gasteiger partial charge in [-0.25, -0.2) is 8.78 Å². The Morgan fingerprint density at radius 2 is 1.78 bits per heavy atom. The smallest absolute Gasteiger partial charge is 0.236 e. The molecule has 0 spiro atoms. The lowest BCUT2D eigenvalue weighted by Crippen LogP contribution is -2.53. The molecule has 0 radical (unpaired) electrons. The van der Waals surface area contributed by atoms with E-state index >= 15 is 0 Å². The van der Waals surface area contributed by atoms with Crippen molar-refractivity contribution in [1.29, 1.82) is 0 Å². The highest BCUT2D eigenvalue weighted by Crippen LogP contribution is 2.12. The first-order valence-electron chi connectivity index (χ1n) is 13.4. The van der Waals surface area contributed by atoms with Crippen LogP contribution < -0.4 is 10.6 Å². The molecule has 0 unspecified atom stereocenters. The van der Waals surface area contributed by atoms with E-state index in [0.29, 0.717) is 44.6 Å². The average molecular weight is 515 g/mol. The second-order valence-electron chi connectivity index (χ2n) is 9.83. The predicted molar refractivity (Wildman–Crippen MR) is 142 cm³/mol. The highest BCUT2D eigenvalue weighted by atomic mass is 19.1. The Kier molecular flexibility index (Phi) is 11.5. The average Bonchev–Trinajstić information content (AvgIpc) is 2.85. The van der Waals surface area contributed by atoms with Gasteiger partial charge in [-0.2, -0.15) is 0 Å². The first kappa shape index (κ1) is 28.7. The number of amides is 2. The monoisotopic (exact) mass is 514 g/mol. The fourth-order valence-corrected chi connectivity index (χ4v) is 4.66. The van der Waals surface area contributed by atoms with Gasteiger partial charge in [0.25, 0.3) is 0 Å². The van der Waals surface area contributed by atoms with Crippen LogP contribution in [0.1, 0.15) is 49.8 Å². The minimum atomic E-state index is -0.631. The number of hydrogen-bond acceptors (Lipinski definition) is 4. The van der Waals surface area contributed by atoms with Gasteiger partial charge in [0, 0.05) is 38.3 Å². The molecule has 1 saturated heterocycles. The number of hydrogen-bond donors (Lipinski definition) is 2. The first-order valence-corrected chi connectivity index (χ1v) is 13.4. The summed E-state index contributed by atoms with van der Waals surface area (Å²) in [4.78, 5) is 29.0. The maximum absolute atomic E-state index is 13.8. The van der Waals surface area contributed by atoms with Crippen LogP contribution in [0.4, 0.5) is 8.78 Å². The summed E-state index contributed by atoms with van der Waals surface area (Å²) >= 11 is 0. The lowest BCUT2D eigenvalue weighted by atomic mass is 10.0. The van der Waals surface area contributed by atoms with E-state index < -0.39 is 11.6 Å². The lowest BCUT2D eigenvalue weighted by Gasteiger charge is -2.34. The van der Waals surface area contributed by atoms with Crippen LogP contribution in [-0.2, 0) is 29.0 Å². The van der Waals surface area contributed by atoms with Gasteiger partial charge in [0.05, 0.1) is 13.1 Å². The molecular formula is C29H40F2N4O2. The van der Waals surface area contributed by atoms with Gasteiger partial charge in [-0.15, -0.1) is 0 Å². The number of nitrogens with one attached hydrogen (secondary N) is 2. The zero-order chi connectivity index (χ0) is 26.6. The van der Waals surface area contributed by atoms with Crippen LogP contribution in [-0.4, -0.2) is 66.9 Å². The molecule has 0 aliphatic carbocycles. The van der Waals surface area contributed by atoms with Gasteiger partial charge < -0.3 is 15.5 Å². The summed E-state index contributed by atoms with van der Waals surface area (Å²) in [6.07, 6.45) is 3.91. The minimum absolute atomic E-state index is 0.0515. The van der Waals surface area contributed by atoms with Crippen molar-refractivity contribution in [3.05, 3.63) is 70.8 Å². The van der Waals surface area contributed by atoms with E-state index in [4.69, 9.17) is 0 Å². The number of carbonyl (C=O) groups is 2. The SMILES string of the molecule is CCCCN1CCN(CC(=O)N[C@H](CCNCc2cccc(CC)c2)Cc2cc(F)cc(F)c2)CC1=O. The highest BCUT2D eigenvalue weighted by Gasteiger charge is 2.25. The molecule has 37 heavy (non-hydrogen) atoms. The number of unbranched alkanes of at least 4 members (excludes halogenated alkanes) is 1. The Bertz CT molecular complexity index is 1010. The van der Waals surface area contributed by atoms with Crippen molar-refractivity contribution in [2.24, 2.45) is 0 Å². The van der Waals surface area contributed by atoms with Crippen LogP contribution in [0.25, 0.3) is 0 Å². The molecule has 1 heterocycles. The molecule has 2 aromatic rings. The predicted octanol–water partition coefficient (Wildman–Crippen LogP) is 3.68. The standard InChI is InChI=1S/C29H40F2N4O2/c1-3-5-11-35-13-12-34(21-29(35)37)20-28(36)33-27(17-24-15-25(30)18-26(31)16-24)9-10-32-19-23-8-6-7-22(4-2)14-23/h6-8,14-16,18,27,32H,3-5,9-13,17,19-21H2,1-2H3,(H,33,36)/t27-/m1/s1. The van der Waals surface area contributed by atoms with E-state index in [1.807, 2.05) is 15.9 Å². The number of aryl methyl sites for hydroxylation is 1. The molecule has 0 bridgehead atoms. The van der Waals surface area contributed by atoms with Gasteiger partial charge in [0.2, 0.25) is 11.8 Å². The van der Waals surface area contributed by atoms with Crippen LogP contribution in [0, 0.1) is 11.6 Å². The second-order valence-corrected chi connectivity index (χ2v) is 9.83. The third kappa shape index (κ3) is 9.85. The summed E-state index contributed by atoms with van der Waals surface area (Å²) in [5.74, 6) is -1.40. The van der Waals surface area contributed by atoms with Crippen molar-refractivity contribution >= 4 is 11.8 Å². The number of carbonyl (C=O) groups excluding carboxylic acids is 2. The topological polar surface area (TPSA) is 64.7 Å². The molecule has 2 N–H and O–H groups in total. The fraction of sp³-hybridized carbons (Fsp3) is 0.517. The highest BCUT2D eigenvalue weighted by molar-refractivity contribution is 5.82. The van der Waals surface area contributed by atoms with E-state index in [0.717, 1.165) is 31.9 Å². The number of piperazine rings is 1. The molecular weight excluding hydrogens is 474 g/mol. The van der Waals surface area contributed by atoms with E-state index in [9.17, 15) is 18.4 Å². The number of rotatable bonds is 14. The van der Waals surface area contributed by atoms with Gasteiger partial charge in [0.15, 0.2) is 0 Å². The maximum atomic E-state index is 13.8. The molecule has 0 aromatic heterocycles. The van der Waals surface area contributed by atoms with Crippen molar-refractivity contribution in [3.63, 3.8) is 0 Å². The van der Waals surface area contributed by atoms with Crippen LogP contribution in [0.2, 0.25) is 0 Å². The van der Waals surface area contributed by atoms with Crippen LogP contribution >= 0.6 is 0 Å². The Balaban J connectivity index is 1.54. The molecule has 8 heteroatoms. The van der Waals surface area contributed by atoms with Crippen molar-refractivity contribution in [2.45, 2.75) is 58.5 Å². The Morgan fingerprint density at radius 1 is 1.03 bits per heavy atom. The van der Waals surface area contributed by atoms with Gasteiger partial charge >= 0.3 is 0 Å². The fourth-order valence-electron chi connectivity index (χ4n) is 4.66. The van der Waals surface area contributed by atoms with Crippen LogP contribution in [0.3, 0.4) is 0 Å². The number of benzene rings is 2. The molecule has 1 fully saturated rings. The molecule has 0 saturated carbocycles. The molecule has 6 nitrogen and oxygen atoms in total. The summed E-state index contributed by atoms with van der Waals surface area (Å²) in [7, 11) is 0. The summed E-state index contributed by atoms with van der Waals surface area (Å²) < 4.78 is 27.5. The second kappa shape index (κ2) is 14.8. The molecule has 202 valence electrons. The molecule has 1 atom stereocenters. The summed E-state index contributed by atoms with van der Waals surface area (Å²) in [6.45, 7) is 7.95. The maximum Gasteiger partial charge on any atom is 0.236 e. The van der Waals surface area contributed by atoms with Crippen molar-refractivity contribution in [1.82, 2.24) is 20.4 Å². The third-order valence-corrected chi connectivity index (χ3v) is 6.71. The third-order valence-electron chi connectivity index (χ3n) is 6.71. The minimum Gasteiger partial charge on any atom is -0.352 e. The lowest BCUT2D eigenvalue weighted by molar-refractivity contribution is -0.137. The van der Waals surface area contributed by atoms with E-state index in [1.54, 1.807) is 0 Å². The van der Waals surface area contributed by atoms with Crippen molar-refractivity contribution in [2.75, 3.05) is 39.3 Å². The summed E-state index contributed by atoms with van der Waals surface area (Å²) in [5, 5.41) is 6.45. The normalized spacial score (nSPS) is 15.1. The van der Waals surface area contributed by atoms with E-state index in [1.165, 1.54) is 23.3 Å². The van der Waals surface area contributed by atoms with Gasteiger partial charge in [0.1, 0.15) is 11.6 Å². The van der Waals surface area contributed by atoms with E-state index in [-0.39, 0.29) is 30.9 Å². The molecule has 3 rings (SSSR count). The number of halogens is 2. The van der Waals surface area contributed by atoms with Crippen molar-refractivity contribution < 1.29 is 18.4 Å². The number of nitrogens with zero attached hydrogens (tertiary/aromatic N) is 2. The Labute approximate surface area is 219 Å². The van der Waals surface area contributed by atoms with Crippen LogP contribution in [0.15, 0.2) is 42.5 Å². The largest absolute Gasteiger partial charge is 0.352 e. The zero-order valence-corrected chi connectivity index (χ0v) is 22.1. The Hall–Kier alpha value is -2.84. The van der Waals surface area contributed by atoms with Gasteiger partial charge in [-0.3, -0.25) is 14.5 Å². The summed E-state index contributed by atoms with van der Waals surface area (Å²) in [6, 6.07) is 11.6.